The fraction of sp³-hybridized carbons (Fsp3) is 0.429. The van der Waals surface area contributed by atoms with Crippen molar-refractivity contribution in [3.63, 3.8) is 0 Å². The fourth-order valence-corrected chi connectivity index (χ4v) is 2.97. The number of benzene rings is 1. The minimum absolute atomic E-state index is 0.595. The molecule has 1 fully saturated rings. The molecule has 1 aromatic rings. The molecule has 5 heteroatoms. The van der Waals surface area contributed by atoms with Gasteiger partial charge in [-0.05, 0) is 5.56 Å². The zero-order chi connectivity index (χ0) is 13.7. The van der Waals surface area contributed by atoms with E-state index < -0.39 is 10.0 Å². The summed E-state index contributed by atoms with van der Waals surface area (Å²) in [4.78, 5) is 2.26. The first kappa shape index (κ1) is 14.2. The first-order valence-corrected chi connectivity index (χ1v) is 8.29. The molecule has 0 atom stereocenters. The van der Waals surface area contributed by atoms with Gasteiger partial charge < -0.3 is 0 Å². The Hall–Kier alpha value is -1.17. The first-order valence-electron chi connectivity index (χ1n) is 6.45. The molecule has 1 aromatic carbocycles. The third-order valence-electron chi connectivity index (χ3n) is 3.27. The normalized spacial score (nSPS) is 19.0. The van der Waals surface area contributed by atoms with Crippen LogP contribution in [0.4, 0.5) is 0 Å². The van der Waals surface area contributed by atoms with Crippen molar-refractivity contribution in [1.29, 1.82) is 0 Å². The molecule has 104 valence electrons. The Morgan fingerprint density at radius 1 is 1.11 bits per heavy atom. The van der Waals surface area contributed by atoms with Crippen LogP contribution in [0.1, 0.15) is 5.56 Å². The number of nitrogens with zero attached hydrogens (tertiary/aromatic N) is 2. The lowest BCUT2D eigenvalue weighted by Gasteiger charge is -2.32. The zero-order valence-corrected chi connectivity index (χ0v) is 12.0. The SMILES string of the molecule is CS(=O)(=O)N1CCN(CC=Cc2ccccc2)CC1. The van der Waals surface area contributed by atoms with E-state index in [4.69, 9.17) is 0 Å². The van der Waals surface area contributed by atoms with E-state index in [9.17, 15) is 8.42 Å². The van der Waals surface area contributed by atoms with Crippen molar-refractivity contribution in [3.8, 4) is 0 Å². The Morgan fingerprint density at radius 3 is 2.32 bits per heavy atom. The largest absolute Gasteiger partial charge is 0.297 e. The predicted octanol–water partition coefficient (Wildman–Crippen LogP) is 1.28. The lowest BCUT2D eigenvalue weighted by atomic mass is 10.2. The molecular weight excluding hydrogens is 260 g/mol. The third-order valence-corrected chi connectivity index (χ3v) is 4.58. The number of piperazine rings is 1. The van der Waals surface area contributed by atoms with E-state index >= 15 is 0 Å². The van der Waals surface area contributed by atoms with Crippen LogP contribution < -0.4 is 0 Å². The molecule has 0 aliphatic carbocycles. The standard InChI is InChI=1S/C14H20N2O2S/c1-19(17,18)16-12-10-15(11-13-16)9-5-8-14-6-3-2-4-7-14/h2-8H,9-13H2,1H3. The van der Waals surface area contributed by atoms with Crippen LogP contribution in [0, 0.1) is 0 Å². The topological polar surface area (TPSA) is 40.6 Å². The molecule has 0 unspecified atom stereocenters. The van der Waals surface area contributed by atoms with Crippen molar-refractivity contribution < 1.29 is 8.42 Å². The number of hydrogen-bond acceptors (Lipinski definition) is 3. The van der Waals surface area contributed by atoms with Crippen molar-refractivity contribution in [1.82, 2.24) is 9.21 Å². The van der Waals surface area contributed by atoms with Crippen LogP contribution in [0.25, 0.3) is 6.08 Å². The van der Waals surface area contributed by atoms with E-state index in [0.717, 1.165) is 19.6 Å². The van der Waals surface area contributed by atoms with Crippen LogP contribution in [0.3, 0.4) is 0 Å². The highest BCUT2D eigenvalue weighted by molar-refractivity contribution is 7.88. The van der Waals surface area contributed by atoms with Gasteiger partial charge in [-0.1, -0.05) is 42.5 Å². The Bertz CT molecular complexity index is 518. The number of rotatable bonds is 4. The zero-order valence-electron chi connectivity index (χ0n) is 11.2. The highest BCUT2D eigenvalue weighted by Gasteiger charge is 2.22. The van der Waals surface area contributed by atoms with Gasteiger partial charge in [0.15, 0.2) is 0 Å². The van der Waals surface area contributed by atoms with E-state index in [1.165, 1.54) is 11.8 Å². The highest BCUT2D eigenvalue weighted by Crippen LogP contribution is 2.07. The molecule has 0 saturated carbocycles. The Morgan fingerprint density at radius 2 is 1.74 bits per heavy atom. The van der Waals surface area contributed by atoms with Crippen LogP contribution >= 0.6 is 0 Å². The van der Waals surface area contributed by atoms with Crippen molar-refractivity contribution in [2.45, 2.75) is 0 Å². The molecule has 1 aliphatic rings. The summed E-state index contributed by atoms with van der Waals surface area (Å²) in [6.07, 6.45) is 5.51. The molecule has 1 aliphatic heterocycles. The summed E-state index contributed by atoms with van der Waals surface area (Å²) in [5.74, 6) is 0. The van der Waals surface area contributed by atoms with Gasteiger partial charge in [-0.2, -0.15) is 4.31 Å². The van der Waals surface area contributed by atoms with Crippen LogP contribution in [0.2, 0.25) is 0 Å². The quantitative estimate of drug-likeness (QED) is 0.834. The lowest BCUT2D eigenvalue weighted by Crippen LogP contribution is -2.48. The molecule has 4 nitrogen and oxygen atoms in total. The molecule has 0 bridgehead atoms. The maximum Gasteiger partial charge on any atom is 0.211 e. The first-order chi connectivity index (χ1) is 9.05. The van der Waals surface area contributed by atoms with Crippen LogP contribution in [0.5, 0.6) is 0 Å². The summed E-state index contributed by atoms with van der Waals surface area (Å²) < 4.78 is 24.3. The molecule has 0 N–H and O–H groups in total. The maximum absolute atomic E-state index is 11.4. The fourth-order valence-electron chi connectivity index (χ4n) is 2.15. The summed E-state index contributed by atoms with van der Waals surface area (Å²) >= 11 is 0. The van der Waals surface area contributed by atoms with Crippen LogP contribution in [-0.2, 0) is 10.0 Å². The van der Waals surface area contributed by atoms with Crippen molar-refractivity contribution in [2.75, 3.05) is 39.0 Å². The van der Waals surface area contributed by atoms with Crippen molar-refractivity contribution in [3.05, 3.63) is 42.0 Å². The Balaban J connectivity index is 1.79. The second-order valence-corrected chi connectivity index (χ2v) is 6.76. The Kier molecular flexibility index (Phi) is 4.74. The van der Waals surface area contributed by atoms with E-state index in [1.54, 1.807) is 4.31 Å². The lowest BCUT2D eigenvalue weighted by molar-refractivity contribution is 0.205. The van der Waals surface area contributed by atoms with Gasteiger partial charge in [-0.15, -0.1) is 0 Å². The molecule has 0 spiro atoms. The van der Waals surface area contributed by atoms with Crippen LogP contribution in [-0.4, -0.2) is 56.6 Å². The average molecular weight is 280 g/mol. The number of hydrogen-bond donors (Lipinski definition) is 0. The van der Waals surface area contributed by atoms with E-state index in [1.807, 2.05) is 18.2 Å². The molecule has 19 heavy (non-hydrogen) atoms. The van der Waals surface area contributed by atoms with Gasteiger partial charge in [0, 0.05) is 32.7 Å². The maximum atomic E-state index is 11.4. The third kappa shape index (κ3) is 4.45. The second kappa shape index (κ2) is 6.32. The van der Waals surface area contributed by atoms with E-state index in [-0.39, 0.29) is 0 Å². The number of sulfonamides is 1. The summed E-state index contributed by atoms with van der Waals surface area (Å²) in [7, 11) is -3.02. The summed E-state index contributed by atoms with van der Waals surface area (Å²) in [6.45, 7) is 3.65. The predicted molar refractivity (Wildman–Crippen MR) is 78.3 cm³/mol. The van der Waals surface area contributed by atoms with Gasteiger partial charge in [0.1, 0.15) is 0 Å². The molecule has 1 heterocycles. The molecule has 0 amide bonds. The van der Waals surface area contributed by atoms with Crippen molar-refractivity contribution >= 4 is 16.1 Å². The molecule has 0 radical (unpaired) electrons. The summed E-state index contributed by atoms with van der Waals surface area (Å²) in [5.41, 5.74) is 1.19. The van der Waals surface area contributed by atoms with E-state index in [0.29, 0.717) is 13.1 Å². The average Bonchev–Trinajstić information content (AvgIpc) is 2.39. The van der Waals surface area contributed by atoms with Gasteiger partial charge in [-0.3, -0.25) is 4.90 Å². The minimum Gasteiger partial charge on any atom is -0.297 e. The molecule has 1 saturated heterocycles. The summed E-state index contributed by atoms with van der Waals surface area (Å²) in [5, 5.41) is 0. The molecule has 2 rings (SSSR count). The van der Waals surface area contributed by atoms with Gasteiger partial charge in [0.2, 0.25) is 10.0 Å². The Labute approximate surface area is 115 Å². The second-order valence-electron chi connectivity index (χ2n) is 4.78. The van der Waals surface area contributed by atoms with Gasteiger partial charge >= 0.3 is 0 Å². The van der Waals surface area contributed by atoms with Crippen LogP contribution in [0.15, 0.2) is 36.4 Å². The van der Waals surface area contributed by atoms with Gasteiger partial charge in [0.05, 0.1) is 6.26 Å². The van der Waals surface area contributed by atoms with Gasteiger partial charge in [0.25, 0.3) is 0 Å². The van der Waals surface area contributed by atoms with E-state index in [2.05, 4.69) is 29.2 Å². The molecule has 0 aromatic heterocycles. The highest BCUT2D eigenvalue weighted by atomic mass is 32.2. The molecular formula is C14H20N2O2S. The van der Waals surface area contributed by atoms with Crippen molar-refractivity contribution in [2.24, 2.45) is 0 Å². The summed E-state index contributed by atoms with van der Waals surface area (Å²) in [6, 6.07) is 10.2. The smallest absolute Gasteiger partial charge is 0.211 e. The monoisotopic (exact) mass is 280 g/mol. The minimum atomic E-state index is -3.02. The van der Waals surface area contributed by atoms with Gasteiger partial charge in [-0.25, -0.2) is 8.42 Å².